The predicted molar refractivity (Wildman–Crippen MR) is 80.4 cm³/mol. The molecular weight excluding hydrogens is 262 g/mol. The van der Waals surface area contributed by atoms with Crippen molar-refractivity contribution in [1.82, 2.24) is 5.43 Å². The Morgan fingerprint density at radius 1 is 1.43 bits per heavy atom. The third kappa shape index (κ3) is 2.56. The summed E-state index contributed by atoms with van der Waals surface area (Å²) in [6.07, 6.45) is 6.44. The Bertz CT molecular complexity index is 614. The zero-order chi connectivity index (χ0) is 14.9. The van der Waals surface area contributed by atoms with Crippen LogP contribution in [0.3, 0.4) is 0 Å². The largest absolute Gasteiger partial charge is 0.273 e. The third-order valence-corrected chi connectivity index (χ3v) is 5.04. The van der Waals surface area contributed by atoms with Crippen molar-refractivity contribution in [1.29, 1.82) is 5.26 Å². The number of amides is 1. The summed E-state index contributed by atoms with van der Waals surface area (Å²) < 4.78 is 0. The first kappa shape index (κ1) is 13.8. The minimum Gasteiger partial charge on any atom is -0.273 e. The van der Waals surface area contributed by atoms with Gasteiger partial charge in [-0.2, -0.15) is 10.4 Å². The Morgan fingerprint density at radius 3 is 2.81 bits per heavy atom. The number of rotatable bonds is 3. The summed E-state index contributed by atoms with van der Waals surface area (Å²) in [6, 6.07) is 9.17. The summed E-state index contributed by atoms with van der Waals surface area (Å²) in [5.41, 5.74) is 4.37. The summed E-state index contributed by atoms with van der Waals surface area (Å²) in [6.45, 7) is 2.23. The molecule has 0 aromatic heterocycles. The van der Waals surface area contributed by atoms with Gasteiger partial charge in [0.25, 0.3) is 0 Å². The van der Waals surface area contributed by atoms with Crippen molar-refractivity contribution in [2.75, 3.05) is 0 Å². The fourth-order valence-corrected chi connectivity index (χ4v) is 3.73. The lowest BCUT2D eigenvalue weighted by molar-refractivity contribution is -0.123. The summed E-state index contributed by atoms with van der Waals surface area (Å²) in [4.78, 5) is 12.2. The number of nitrogens with zero attached hydrogens (tertiary/aromatic N) is 2. The molecule has 108 valence electrons. The quantitative estimate of drug-likeness (QED) is 0.684. The van der Waals surface area contributed by atoms with Crippen molar-refractivity contribution in [3.05, 3.63) is 35.4 Å². The molecule has 0 saturated heterocycles. The van der Waals surface area contributed by atoms with Gasteiger partial charge >= 0.3 is 0 Å². The van der Waals surface area contributed by atoms with E-state index in [1.165, 1.54) is 19.3 Å². The van der Waals surface area contributed by atoms with E-state index in [1.54, 1.807) is 18.3 Å². The number of hydrogen-bond donors (Lipinski definition) is 1. The third-order valence-electron chi connectivity index (χ3n) is 5.04. The molecule has 1 aromatic carbocycles. The Balaban J connectivity index is 1.56. The maximum Gasteiger partial charge on any atom is 0.244 e. The van der Waals surface area contributed by atoms with Gasteiger partial charge in [0.1, 0.15) is 0 Å². The van der Waals surface area contributed by atoms with E-state index < -0.39 is 0 Å². The molecule has 4 nitrogen and oxygen atoms in total. The highest BCUT2D eigenvalue weighted by molar-refractivity contribution is 5.85. The molecule has 2 aliphatic carbocycles. The Hall–Kier alpha value is -2.15. The number of benzene rings is 1. The van der Waals surface area contributed by atoms with Crippen molar-refractivity contribution in [2.24, 2.45) is 22.4 Å². The van der Waals surface area contributed by atoms with E-state index in [1.807, 2.05) is 12.1 Å². The lowest BCUT2D eigenvalue weighted by atomic mass is 9.90. The molecule has 1 N–H and O–H groups in total. The highest BCUT2D eigenvalue weighted by atomic mass is 16.2. The van der Waals surface area contributed by atoms with Crippen LogP contribution < -0.4 is 5.43 Å². The lowest BCUT2D eigenvalue weighted by Gasteiger charge is -2.15. The van der Waals surface area contributed by atoms with Crippen LogP contribution in [0.2, 0.25) is 0 Å². The van der Waals surface area contributed by atoms with Gasteiger partial charge in [-0.15, -0.1) is 0 Å². The molecule has 3 atom stereocenters. The van der Waals surface area contributed by atoms with Gasteiger partial charge in [-0.1, -0.05) is 31.9 Å². The van der Waals surface area contributed by atoms with Gasteiger partial charge < -0.3 is 0 Å². The maximum atomic E-state index is 12.2. The molecule has 4 heteroatoms. The Kier molecular flexibility index (Phi) is 3.50. The first-order valence-corrected chi connectivity index (χ1v) is 7.48. The van der Waals surface area contributed by atoms with Crippen molar-refractivity contribution >= 4 is 12.1 Å². The first-order chi connectivity index (χ1) is 10.1. The van der Waals surface area contributed by atoms with Gasteiger partial charge in [-0.25, -0.2) is 5.43 Å². The van der Waals surface area contributed by atoms with Gasteiger partial charge in [-0.05, 0) is 41.9 Å². The van der Waals surface area contributed by atoms with Crippen LogP contribution in [0.5, 0.6) is 0 Å². The second kappa shape index (κ2) is 5.33. The molecule has 2 fully saturated rings. The molecule has 0 aliphatic heterocycles. The van der Waals surface area contributed by atoms with E-state index in [0.717, 1.165) is 12.0 Å². The monoisotopic (exact) mass is 281 g/mol. The van der Waals surface area contributed by atoms with E-state index in [9.17, 15) is 4.79 Å². The molecule has 1 amide bonds. The molecule has 21 heavy (non-hydrogen) atoms. The van der Waals surface area contributed by atoms with Crippen LogP contribution in [-0.2, 0) is 4.79 Å². The van der Waals surface area contributed by atoms with Gasteiger partial charge in [0.15, 0.2) is 0 Å². The van der Waals surface area contributed by atoms with Crippen molar-refractivity contribution < 1.29 is 4.79 Å². The number of fused-ring (bicyclic) bond motifs is 1. The van der Waals surface area contributed by atoms with Crippen LogP contribution in [-0.4, -0.2) is 12.1 Å². The second-order valence-electron chi connectivity index (χ2n) is 6.30. The number of nitrogens with one attached hydrogen (secondary N) is 1. The van der Waals surface area contributed by atoms with Crippen LogP contribution in [0, 0.1) is 28.6 Å². The first-order valence-electron chi connectivity index (χ1n) is 7.48. The van der Waals surface area contributed by atoms with Crippen LogP contribution in [0.1, 0.15) is 43.7 Å². The number of hydrazone groups is 1. The van der Waals surface area contributed by atoms with Crippen molar-refractivity contribution in [2.45, 2.75) is 32.6 Å². The van der Waals surface area contributed by atoms with E-state index in [2.05, 4.69) is 23.5 Å². The van der Waals surface area contributed by atoms with E-state index in [4.69, 9.17) is 5.26 Å². The highest BCUT2D eigenvalue weighted by Gasteiger charge is 2.64. The van der Waals surface area contributed by atoms with Crippen LogP contribution in [0.4, 0.5) is 0 Å². The molecule has 2 saturated carbocycles. The second-order valence-corrected chi connectivity index (χ2v) is 6.30. The zero-order valence-corrected chi connectivity index (χ0v) is 12.2. The molecule has 0 radical (unpaired) electrons. The minimum atomic E-state index is 0.0503. The lowest BCUT2D eigenvalue weighted by Crippen LogP contribution is -2.22. The zero-order valence-electron chi connectivity index (χ0n) is 12.2. The van der Waals surface area contributed by atoms with Crippen LogP contribution >= 0.6 is 0 Å². The Morgan fingerprint density at radius 2 is 2.19 bits per heavy atom. The number of carbonyl (C=O) groups excluding carboxylic acids is 1. The minimum absolute atomic E-state index is 0.0503. The SMILES string of the molecule is CC12CCCCC1C2C(=O)NN=Cc1ccc(C#N)cc1. The average Bonchev–Trinajstić information content (AvgIpc) is 3.13. The van der Waals surface area contributed by atoms with Crippen molar-refractivity contribution in [3.63, 3.8) is 0 Å². The molecular formula is C17H19N3O. The number of carbonyl (C=O) groups is 1. The summed E-state index contributed by atoms with van der Waals surface area (Å²) >= 11 is 0. The summed E-state index contributed by atoms with van der Waals surface area (Å²) in [5, 5.41) is 12.8. The van der Waals surface area contributed by atoms with Gasteiger partial charge in [0.2, 0.25) is 5.91 Å². The fourth-order valence-electron chi connectivity index (χ4n) is 3.73. The topological polar surface area (TPSA) is 65.2 Å². The van der Waals surface area contributed by atoms with Crippen LogP contribution in [0.25, 0.3) is 0 Å². The normalized spacial score (nSPS) is 30.5. The summed E-state index contributed by atoms with van der Waals surface area (Å²) in [5.74, 6) is 0.740. The molecule has 3 unspecified atom stereocenters. The molecule has 2 aliphatic rings. The van der Waals surface area contributed by atoms with E-state index >= 15 is 0 Å². The molecule has 3 rings (SSSR count). The fraction of sp³-hybridized carbons (Fsp3) is 0.471. The maximum absolute atomic E-state index is 12.2. The molecule has 0 heterocycles. The van der Waals surface area contributed by atoms with Gasteiger partial charge in [-0.3, -0.25) is 4.79 Å². The van der Waals surface area contributed by atoms with Crippen LogP contribution in [0.15, 0.2) is 29.4 Å². The van der Waals surface area contributed by atoms with E-state index in [-0.39, 0.29) is 17.2 Å². The summed E-state index contributed by atoms with van der Waals surface area (Å²) in [7, 11) is 0. The number of nitriles is 1. The van der Waals surface area contributed by atoms with Crippen molar-refractivity contribution in [3.8, 4) is 6.07 Å². The molecule has 1 aromatic rings. The Labute approximate surface area is 124 Å². The standard InChI is InChI=1S/C17H19N3O/c1-17-9-3-2-4-14(17)15(17)16(21)20-19-11-13-7-5-12(10-18)6-8-13/h5-8,11,14-15H,2-4,9H2,1H3,(H,20,21). The van der Waals surface area contributed by atoms with Gasteiger partial charge in [0, 0.05) is 5.92 Å². The van der Waals surface area contributed by atoms with E-state index in [0.29, 0.717) is 11.5 Å². The molecule has 0 bridgehead atoms. The number of hydrogen-bond acceptors (Lipinski definition) is 3. The molecule has 0 spiro atoms. The van der Waals surface area contributed by atoms with Gasteiger partial charge in [0.05, 0.1) is 17.8 Å². The average molecular weight is 281 g/mol. The smallest absolute Gasteiger partial charge is 0.244 e. The predicted octanol–water partition coefficient (Wildman–Crippen LogP) is 2.83. The highest BCUT2D eigenvalue weighted by Crippen LogP contribution is 2.66.